The Bertz CT molecular complexity index is 502. The molecule has 0 bridgehead atoms. The van der Waals surface area contributed by atoms with Crippen LogP contribution in [0.15, 0.2) is 35.7 Å². The molecular formula is C13H14FNO2S. The molecule has 0 fully saturated rings. The highest BCUT2D eigenvalue weighted by atomic mass is 32.1. The Balaban J connectivity index is 2.05. The third-order valence-electron chi connectivity index (χ3n) is 2.66. The number of nitrogens with one attached hydrogen (secondary N) is 1. The van der Waals surface area contributed by atoms with Gasteiger partial charge in [-0.25, -0.2) is 4.39 Å². The molecule has 3 nitrogen and oxygen atoms in total. The summed E-state index contributed by atoms with van der Waals surface area (Å²) in [6, 6.07) is 7.72. The Hall–Kier alpha value is -1.43. The predicted octanol–water partition coefficient (Wildman–Crippen LogP) is 2.42. The minimum absolute atomic E-state index is 0.129. The van der Waals surface area contributed by atoms with Gasteiger partial charge >= 0.3 is 0 Å². The fourth-order valence-electron chi connectivity index (χ4n) is 1.66. The van der Waals surface area contributed by atoms with E-state index in [1.54, 1.807) is 17.4 Å². The molecule has 3 N–H and O–H groups in total. The SMILES string of the molecule is OCC(NCc1cccs1)c1ccc(O)c(F)c1. The number of aromatic hydroxyl groups is 1. The number of benzene rings is 1. The molecular weight excluding hydrogens is 253 g/mol. The molecule has 2 aromatic rings. The molecule has 0 spiro atoms. The van der Waals surface area contributed by atoms with Crippen molar-refractivity contribution in [3.8, 4) is 5.75 Å². The summed E-state index contributed by atoms with van der Waals surface area (Å²) in [5.74, 6) is -1.06. The molecule has 0 saturated carbocycles. The van der Waals surface area contributed by atoms with Crippen LogP contribution < -0.4 is 5.32 Å². The maximum atomic E-state index is 13.2. The summed E-state index contributed by atoms with van der Waals surface area (Å²) >= 11 is 1.62. The lowest BCUT2D eigenvalue weighted by atomic mass is 10.1. The maximum absolute atomic E-state index is 13.2. The molecule has 0 saturated heterocycles. The van der Waals surface area contributed by atoms with E-state index in [-0.39, 0.29) is 18.4 Å². The summed E-state index contributed by atoms with van der Waals surface area (Å²) in [7, 11) is 0. The van der Waals surface area contributed by atoms with Crippen LogP contribution in [0.2, 0.25) is 0 Å². The van der Waals surface area contributed by atoms with Crippen molar-refractivity contribution in [3.63, 3.8) is 0 Å². The molecule has 2 rings (SSSR count). The number of rotatable bonds is 5. The first kappa shape index (κ1) is 13.0. The number of hydrogen-bond acceptors (Lipinski definition) is 4. The van der Waals surface area contributed by atoms with Gasteiger partial charge in [0.15, 0.2) is 11.6 Å². The third kappa shape index (κ3) is 3.07. The first-order valence-corrected chi connectivity index (χ1v) is 6.43. The smallest absolute Gasteiger partial charge is 0.165 e. The van der Waals surface area contributed by atoms with E-state index in [2.05, 4.69) is 5.32 Å². The van der Waals surface area contributed by atoms with Crippen molar-refractivity contribution >= 4 is 11.3 Å². The van der Waals surface area contributed by atoms with Gasteiger partial charge in [0.05, 0.1) is 12.6 Å². The van der Waals surface area contributed by atoms with Gasteiger partial charge in [-0.1, -0.05) is 12.1 Å². The van der Waals surface area contributed by atoms with Crippen LogP contribution in [0.3, 0.4) is 0 Å². The van der Waals surface area contributed by atoms with E-state index in [1.165, 1.54) is 12.1 Å². The minimum Gasteiger partial charge on any atom is -0.505 e. The summed E-state index contributed by atoms with van der Waals surface area (Å²) in [5, 5.41) is 23.6. The summed E-state index contributed by atoms with van der Waals surface area (Å²) in [4.78, 5) is 1.15. The first-order chi connectivity index (χ1) is 8.70. The Labute approximate surface area is 109 Å². The van der Waals surface area contributed by atoms with Gasteiger partial charge in [0.2, 0.25) is 0 Å². The van der Waals surface area contributed by atoms with Crippen LogP contribution in [-0.2, 0) is 6.54 Å². The number of aliphatic hydroxyl groups is 1. The Morgan fingerprint density at radius 1 is 1.33 bits per heavy atom. The second kappa shape index (κ2) is 5.95. The number of phenolic OH excluding ortho intramolecular Hbond substituents is 1. The summed E-state index contributed by atoms with van der Waals surface area (Å²) in [6.07, 6.45) is 0. The van der Waals surface area contributed by atoms with Crippen LogP contribution in [0.4, 0.5) is 4.39 Å². The Morgan fingerprint density at radius 3 is 2.78 bits per heavy atom. The zero-order chi connectivity index (χ0) is 13.0. The molecule has 0 aliphatic carbocycles. The minimum atomic E-state index is -0.677. The van der Waals surface area contributed by atoms with Crippen molar-refractivity contribution in [2.45, 2.75) is 12.6 Å². The molecule has 1 aromatic carbocycles. The van der Waals surface area contributed by atoms with E-state index in [0.29, 0.717) is 12.1 Å². The molecule has 96 valence electrons. The van der Waals surface area contributed by atoms with Crippen molar-refractivity contribution < 1.29 is 14.6 Å². The summed E-state index contributed by atoms with van der Waals surface area (Å²) in [6.45, 7) is 0.487. The van der Waals surface area contributed by atoms with Crippen LogP contribution in [-0.4, -0.2) is 16.8 Å². The molecule has 1 heterocycles. The first-order valence-electron chi connectivity index (χ1n) is 5.55. The fraction of sp³-hybridized carbons (Fsp3) is 0.231. The molecule has 1 unspecified atom stereocenters. The molecule has 0 aliphatic heterocycles. The Morgan fingerprint density at radius 2 is 2.17 bits per heavy atom. The standard InChI is InChI=1S/C13H14FNO2S/c14-11-6-9(3-4-13(11)17)12(8-16)15-7-10-2-1-5-18-10/h1-6,12,15-17H,7-8H2. The van der Waals surface area contributed by atoms with Crippen molar-refractivity contribution in [1.82, 2.24) is 5.32 Å². The van der Waals surface area contributed by atoms with Crippen LogP contribution in [0.25, 0.3) is 0 Å². The van der Waals surface area contributed by atoms with Crippen molar-refractivity contribution in [2.75, 3.05) is 6.61 Å². The molecule has 5 heteroatoms. The van der Waals surface area contributed by atoms with Gasteiger partial charge in [0.1, 0.15) is 0 Å². The molecule has 0 amide bonds. The molecule has 0 radical (unpaired) electrons. The van der Waals surface area contributed by atoms with Gasteiger partial charge in [0, 0.05) is 11.4 Å². The van der Waals surface area contributed by atoms with Crippen LogP contribution in [0, 0.1) is 5.82 Å². The highest BCUT2D eigenvalue weighted by Crippen LogP contribution is 2.21. The van der Waals surface area contributed by atoms with Gasteiger partial charge in [-0.05, 0) is 29.1 Å². The van der Waals surface area contributed by atoms with E-state index in [1.807, 2.05) is 17.5 Å². The van der Waals surface area contributed by atoms with E-state index < -0.39 is 5.82 Å². The molecule has 1 atom stereocenters. The highest BCUT2D eigenvalue weighted by Gasteiger charge is 2.12. The van der Waals surface area contributed by atoms with Crippen molar-refractivity contribution in [3.05, 3.63) is 52.0 Å². The normalized spacial score (nSPS) is 12.6. The van der Waals surface area contributed by atoms with E-state index in [4.69, 9.17) is 5.11 Å². The summed E-state index contributed by atoms with van der Waals surface area (Å²) in [5.41, 5.74) is 0.615. The zero-order valence-corrected chi connectivity index (χ0v) is 10.5. The third-order valence-corrected chi connectivity index (χ3v) is 3.54. The lowest BCUT2D eigenvalue weighted by Crippen LogP contribution is -2.23. The number of halogens is 1. The largest absolute Gasteiger partial charge is 0.505 e. The predicted molar refractivity (Wildman–Crippen MR) is 69.1 cm³/mol. The van der Waals surface area contributed by atoms with Crippen molar-refractivity contribution in [1.29, 1.82) is 0 Å². The van der Waals surface area contributed by atoms with Crippen LogP contribution in [0.1, 0.15) is 16.5 Å². The van der Waals surface area contributed by atoms with Gasteiger partial charge in [-0.2, -0.15) is 0 Å². The van der Waals surface area contributed by atoms with Crippen LogP contribution >= 0.6 is 11.3 Å². The quantitative estimate of drug-likeness (QED) is 0.780. The average molecular weight is 267 g/mol. The number of hydrogen-bond donors (Lipinski definition) is 3. The Kier molecular flexibility index (Phi) is 4.30. The zero-order valence-electron chi connectivity index (χ0n) is 9.64. The molecule has 18 heavy (non-hydrogen) atoms. The second-order valence-corrected chi connectivity index (χ2v) is 4.94. The maximum Gasteiger partial charge on any atom is 0.165 e. The van der Waals surface area contributed by atoms with Crippen molar-refractivity contribution in [2.24, 2.45) is 0 Å². The van der Waals surface area contributed by atoms with Gasteiger partial charge in [-0.3, -0.25) is 0 Å². The number of phenols is 1. The fourth-order valence-corrected chi connectivity index (χ4v) is 2.32. The van der Waals surface area contributed by atoms with E-state index in [9.17, 15) is 9.50 Å². The monoisotopic (exact) mass is 267 g/mol. The van der Waals surface area contributed by atoms with Crippen LogP contribution in [0.5, 0.6) is 5.75 Å². The highest BCUT2D eigenvalue weighted by molar-refractivity contribution is 7.09. The van der Waals surface area contributed by atoms with E-state index >= 15 is 0 Å². The molecule has 1 aromatic heterocycles. The van der Waals surface area contributed by atoms with E-state index in [0.717, 1.165) is 4.88 Å². The lowest BCUT2D eigenvalue weighted by Gasteiger charge is -2.16. The van der Waals surface area contributed by atoms with Gasteiger partial charge in [0.25, 0.3) is 0 Å². The second-order valence-electron chi connectivity index (χ2n) is 3.91. The van der Waals surface area contributed by atoms with Gasteiger partial charge < -0.3 is 15.5 Å². The summed E-state index contributed by atoms with van der Waals surface area (Å²) < 4.78 is 13.2. The molecule has 0 aliphatic rings. The topological polar surface area (TPSA) is 52.5 Å². The number of thiophene rings is 1. The average Bonchev–Trinajstić information content (AvgIpc) is 2.87. The lowest BCUT2D eigenvalue weighted by molar-refractivity contribution is 0.243. The number of aliphatic hydroxyl groups excluding tert-OH is 1. The van der Waals surface area contributed by atoms with Gasteiger partial charge in [-0.15, -0.1) is 11.3 Å².